The molecule has 0 fully saturated rings. The molecule has 0 saturated carbocycles. The first kappa shape index (κ1) is 13.1. The number of carboxylic acid groups (broad SMARTS) is 1. The van der Waals surface area contributed by atoms with Crippen molar-refractivity contribution in [3.05, 3.63) is 34.4 Å². The van der Waals surface area contributed by atoms with E-state index in [4.69, 9.17) is 10.4 Å². The smallest absolute Gasteiger partial charge is 0.307 e. The minimum atomic E-state index is -2.66. The quantitative estimate of drug-likeness (QED) is 0.878. The second kappa shape index (κ2) is 5.39. The van der Waals surface area contributed by atoms with Gasteiger partial charge in [-0.25, -0.2) is 8.78 Å². The maximum atomic E-state index is 12.7. The molecular formula is C12H11F2NO2. The van der Waals surface area contributed by atoms with E-state index < -0.39 is 12.4 Å². The highest BCUT2D eigenvalue weighted by Crippen LogP contribution is 2.27. The van der Waals surface area contributed by atoms with E-state index in [0.29, 0.717) is 12.0 Å². The second-order valence-electron chi connectivity index (χ2n) is 3.54. The lowest BCUT2D eigenvalue weighted by molar-refractivity contribution is -0.136. The minimum Gasteiger partial charge on any atom is -0.481 e. The van der Waals surface area contributed by atoms with Gasteiger partial charge >= 0.3 is 5.97 Å². The van der Waals surface area contributed by atoms with Crippen molar-refractivity contribution in [2.45, 2.75) is 26.2 Å². The molecule has 0 unspecified atom stereocenters. The van der Waals surface area contributed by atoms with Crippen LogP contribution < -0.4 is 0 Å². The normalized spacial score (nSPS) is 10.3. The van der Waals surface area contributed by atoms with E-state index >= 15 is 0 Å². The molecule has 0 aliphatic carbocycles. The Balaban J connectivity index is 3.33. The predicted octanol–water partition coefficient (Wildman–Crippen LogP) is 2.69. The van der Waals surface area contributed by atoms with Gasteiger partial charge in [-0.1, -0.05) is 13.0 Å². The van der Waals surface area contributed by atoms with Gasteiger partial charge in [0.05, 0.1) is 18.1 Å². The molecule has 0 spiro atoms. The van der Waals surface area contributed by atoms with Crippen LogP contribution in [0.1, 0.15) is 35.6 Å². The first-order valence-electron chi connectivity index (χ1n) is 5.05. The molecule has 0 heterocycles. The third kappa shape index (κ3) is 3.00. The summed E-state index contributed by atoms with van der Waals surface area (Å²) in [5.74, 6) is -1.09. The van der Waals surface area contributed by atoms with Gasteiger partial charge in [-0.3, -0.25) is 4.79 Å². The van der Waals surface area contributed by atoms with Crippen molar-refractivity contribution in [3.8, 4) is 6.07 Å². The van der Waals surface area contributed by atoms with Crippen molar-refractivity contribution in [1.29, 1.82) is 5.26 Å². The minimum absolute atomic E-state index is 0.0000926. The van der Waals surface area contributed by atoms with Crippen molar-refractivity contribution in [2.75, 3.05) is 0 Å². The molecule has 1 aromatic carbocycles. The molecule has 0 aliphatic heterocycles. The lowest BCUT2D eigenvalue weighted by atomic mass is 9.96. The van der Waals surface area contributed by atoms with Crippen molar-refractivity contribution in [1.82, 2.24) is 0 Å². The number of carboxylic acids is 1. The van der Waals surface area contributed by atoms with Gasteiger partial charge in [-0.05, 0) is 23.6 Å². The van der Waals surface area contributed by atoms with Crippen LogP contribution in [0.25, 0.3) is 0 Å². The lowest BCUT2D eigenvalue weighted by Crippen LogP contribution is -2.05. The highest BCUT2D eigenvalue weighted by molar-refractivity contribution is 5.71. The largest absolute Gasteiger partial charge is 0.481 e. The number of halogens is 2. The summed E-state index contributed by atoms with van der Waals surface area (Å²) in [6.07, 6.45) is -2.62. The van der Waals surface area contributed by atoms with Crippen molar-refractivity contribution < 1.29 is 18.7 Å². The Hall–Kier alpha value is -1.96. The fourth-order valence-corrected chi connectivity index (χ4v) is 1.63. The summed E-state index contributed by atoms with van der Waals surface area (Å²) in [5, 5.41) is 17.5. The highest BCUT2D eigenvalue weighted by Gasteiger charge is 2.17. The molecule has 17 heavy (non-hydrogen) atoms. The van der Waals surface area contributed by atoms with E-state index in [1.807, 2.05) is 0 Å². The molecule has 0 amide bonds. The van der Waals surface area contributed by atoms with Crippen molar-refractivity contribution >= 4 is 5.97 Å². The zero-order valence-electron chi connectivity index (χ0n) is 9.20. The summed E-state index contributed by atoms with van der Waals surface area (Å²) < 4.78 is 25.4. The Morgan fingerprint density at radius 1 is 1.47 bits per heavy atom. The predicted molar refractivity (Wildman–Crippen MR) is 56.8 cm³/mol. The van der Waals surface area contributed by atoms with E-state index in [9.17, 15) is 13.6 Å². The van der Waals surface area contributed by atoms with E-state index in [-0.39, 0.29) is 23.1 Å². The lowest BCUT2D eigenvalue weighted by Gasteiger charge is -2.10. The molecule has 1 aromatic rings. The first-order chi connectivity index (χ1) is 7.99. The number of nitrogens with zero attached hydrogens (tertiary/aromatic N) is 1. The fraction of sp³-hybridized carbons (Fsp3) is 0.333. The number of alkyl halides is 2. The first-order valence-corrected chi connectivity index (χ1v) is 5.05. The Morgan fingerprint density at radius 2 is 2.12 bits per heavy atom. The van der Waals surface area contributed by atoms with Gasteiger partial charge in [0.25, 0.3) is 6.43 Å². The molecule has 0 aliphatic rings. The van der Waals surface area contributed by atoms with E-state index in [1.165, 1.54) is 6.07 Å². The maximum Gasteiger partial charge on any atom is 0.307 e. The Kier molecular flexibility index (Phi) is 4.16. The SMILES string of the molecule is CCc1cc(CC(=O)O)c(C#N)cc1C(F)F. The average molecular weight is 239 g/mol. The summed E-state index contributed by atoms with van der Waals surface area (Å²) >= 11 is 0. The monoisotopic (exact) mass is 239 g/mol. The molecule has 3 nitrogen and oxygen atoms in total. The number of hydrogen-bond donors (Lipinski definition) is 1. The molecule has 0 atom stereocenters. The molecule has 0 saturated heterocycles. The van der Waals surface area contributed by atoms with Crippen LogP contribution in [0.15, 0.2) is 12.1 Å². The van der Waals surface area contributed by atoms with Gasteiger partial charge in [0.1, 0.15) is 0 Å². The van der Waals surface area contributed by atoms with Crippen LogP contribution in [0.3, 0.4) is 0 Å². The summed E-state index contributed by atoms with van der Waals surface area (Å²) in [6, 6.07) is 4.22. The van der Waals surface area contributed by atoms with Gasteiger partial charge in [0.2, 0.25) is 0 Å². The highest BCUT2D eigenvalue weighted by atomic mass is 19.3. The van der Waals surface area contributed by atoms with Crippen molar-refractivity contribution in [3.63, 3.8) is 0 Å². The van der Waals surface area contributed by atoms with Crippen LogP contribution in [0.5, 0.6) is 0 Å². The fourth-order valence-electron chi connectivity index (χ4n) is 1.63. The van der Waals surface area contributed by atoms with Crippen LogP contribution >= 0.6 is 0 Å². The third-order valence-electron chi connectivity index (χ3n) is 2.44. The zero-order valence-corrected chi connectivity index (χ0v) is 9.20. The number of aliphatic carboxylic acids is 1. The number of carbonyl (C=O) groups is 1. The molecule has 90 valence electrons. The summed E-state index contributed by atoms with van der Waals surface area (Å²) in [7, 11) is 0. The molecule has 1 N–H and O–H groups in total. The number of rotatable bonds is 4. The number of nitriles is 1. The zero-order chi connectivity index (χ0) is 13.0. The van der Waals surface area contributed by atoms with Gasteiger partial charge in [0.15, 0.2) is 0 Å². The number of benzene rings is 1. The number of aryl methyl sites for hydroxylation is 1. The molecule has 0 aromatic heterocycles. The van der Waals surface area contributed by atoms with Gasteiger partial charge in [-0.2, -0.15) is 5.26 Å². The van der Waals surface area contributed by atoms with E-state index in [0.717, 1.165) is 6.07 Å². The van der Waals surface area contributed by atoms with Crippen LogP contribution in [-0.2, 0) is 17.6 Å². The van der Waals surface area contributed by atoms with Crippen molar-refractivity contribution in [2.24, 2.45) is 0 Å². The molecular weight excluding hydrogens is 228 g/mol. The van der Waals surface area contributed by atoms with Crippen LogP contribution in [0, 0.1) is 11.3 Å². The second-order valence-corrected chi connectivity index (χ2v) is 3.54. The van der Waals surface area contributed by atoms with E-state index in [1.54, 1.807) is 13.0 Å². The molecule has 5 heteroatoms. The van der Waals surface area contributed by atoms with Gasteiger partial charge < -0.3 is 5.11 Å². The Bertz CT molecular complexity index is 478. The molecule has 1 rings (SSSR count). The summed E-state index contributed by atoms with van der Waals surface area (Å²) in [5.41, 5.74) is 0.467. The average Bonchev–Trinajstić information content (AvgIpc) is 2.27. The topological polar surface area (TPSA) is 61.1 Å². The summed E-state index contributed by atoms with van der Waals surface area (Å²) in [4.78, 5) is 10.6. The van der Waals surface area contributed by atoms with E-state index in [2.05, 4.69) is 0 Å². The van der Waals surface area contributed by atoms with Gasteiger partial charge in [0, 0.05) is 5.56 Å². The van der Waals surface area contributed by atoms with Crippen LogP contribution in [0.2, 0.25) is 0 Å². The Labute approximate surface area is 97.3 Å². The molecule has 0 bridgehead atoms. The summed E-state index contributed by atoms with van der Waals surface area (Å²) in [6.45, 7) is 1.71. The van der Waals surface area contributed by atoms with Crippen LogP contribution in [-0.4, -0.2) is 11.1 Å². The standard InChI is InChI=1S/C12H11F2NO2/c1-2-7-3-8(5-11(16)17)9(6-15)4-10(7)12(13)14/h3-4,12H,2,5H2,1H3,(H,16,17). The van der Waals surface area contributed by atoms with Gasteiger partial charge in [-0.15, -0.1) is 0 Å². The molecule has 0 radical (unpaired) electrons. The maximum absolute atomic E-state index is 12.7. The third-order valence-corrected chi connectivity index (χ3v) is 2.44. The number of hydrogen-bond acceptors (Lipinski definition) is 2. The Morgan fingerprint density at radius 3 is 2.53 bits per heavy atom. The van der Waals surface area contributed by atoms with Crippen LogP contribution in [0.4, 0.5) is 8.78 Å².